The molecule has 0 aromatic carbocycles. The van der Waals surface area contributed by atoms with Crippen LogP contribution in [0.2, 0.25) is 0 Å². The molecule has 0 bridgehead atoms. The Labute approximate surface area is 332 Å². The lowest BCUT2D eigenvalue weighted by Gasteiger charge is -2.28. The minimum absolute atomic E-state index is 0.0511. The number of hydrogen-bond donors (Lipinski definition) is 13. The van der Waals surface area contributed by atoms with Crippen LogP contribution in [-0.4, -0.2) is 147 Å². The average Bonchev–Trinajstić information content (AvgIpc) is 3.12. The van der Waals surface area contributed by atoms with Crippen LogP contribution in [0.3, 0.4) is 0 Å². The van der Waals surface area contributed by atoms with Gasteiger partial charge in [-0.2, -0.15) is 0 Å². The SMILES string of the molecule is CC(C)[C@@H]1NC(=O)[C@H](CCCCN)NC(=O)[C@H](CCC(=O)O)NC(=O)CNC(=O)[C@H]([C@@H](C)O)NC(=O)[C@H](CCC(=O)O)NC(=O)[C@H](C)NC(=O)[C@H](CC(=O)O)NC1=O. The molecular weight excluding hydrogens is 774 g/mol. The molecule has 0 saturated carbocycles. The second kappa shape index (κ2) is 24.7. The number of aliphatic hydroxyl groups excluding tert-OH is 1. The van der Waals surface area contributed by atoms with Crippen molar-refractivity contribution in [3.63, 3.8) is 0 Å². The van der Waals surface area contributed by atoms with E-state index in [1.165, 1.54) is 13.8 Å². The topological polar surface area (TPSA) is 391 Å². The number of unbranched alkanes of at least 4 members (excludes halogenated alkanes) is 1. The van der Waals surface area contributed by atoms with Gasteiger partial charge in [0.15, 0.2) is 0 Å². The van der Waals surface area contributed by atoms with Crippen LogP contribution in [0, 0.1) is 5.92 Å². The van der Waals surface area contributed by atoms with Gasteiger partial charge in [-0.1, -0.05) is 13.8 Å². The highest BCUT2D eigenvalue weighted by Crippen LogP contribution is 2.10. The van der Waals surface area contributed by atoms with Crippen LogP contribution >= 0.6 is 0 Å². The number of nitrogens with two attached hydrogens (primary N) is 1. The number of aliphatic carboxylic acids is 3. The van der Waals surface area contributed by atoms with E-state index in [-0.39, 0.29) is 19.4 Å². The second-order valence-electron chi connectivity index (χ2n) is 14.0. The van der Waals surface area contributed by atoms with E-state index in [2.05, 4.69) is 42.5 Å². The van der Waals surface area contributed by atoms with Gasteiger partial charge in [-0.05, 0) is 58.4 Å². The minimum Gasteiger partial charge on any atom is -0.481 e. The summed E-state index contributed by atoms with van der Waals surface area (Å²) in [4.78, 5) is 141. The Balaban J connectivity index is 3.74. The van der Waals surface area contributed by atoms with E-state index in [0.29, 0.717) is 6.42 Å². The van der Waals surface area contributed by atoms with Crippen LogP contribution in [-0.2, 0) is 52.7 Å². The lowest BCUT2D eigenvalue weighted by molar-refractivity contribution is -0.142. The maximum absolute atomic E-state index is 13.7. The maximum atomic E-state index is 13.7. The normalized spacial score (nSPS) is 25.6. The Morgan fingerprint density at radius 2 is 1.05 bits per heavy atom. The number of carbonyl (C=O) groups excluding carboxylic acids is 8. The molecule has 24 heteroatoms. The van der Waals surface area contributed by atoms with Gasteiger partial charge in [0, 0.05) is 12.8 Å². The van der Waals surface area contributed by atoms with E-state index in [0.717, 1.165) is 13.8 Å². The first-order chi connectivity index (χ1) is 27.1. The molecule has 1 heterocycles. The summed E-state index contributed by atoms with van der Waals surface area (Å²) in [6.07, 6.45) is -4.39. The molecule has 8 amide bonds. The minimum atomic E-state index is -1.83. The molecule has 0 radical (unpaired) electrons. The number of aliphatic hydroxyl groups is 1. The van der Waals surface area contributed by atoms with Gasteiger partial charge >= 0.3 is 17.9 Å². The number of rotatable bonds is 14. The fourth-order valence-corrected chi connectivity index (χ4v) is 5.40. The molecule has 1 fully saturated rings. The Kier molecular flexibility index (Phi) is 21.3. The third-order valence-corrected chi connectivity index (χ3v) is 8.65. The first kappa shape index (κ1) is 50.1. The summed E-state index contributed by atoms with van der Waals surface area (Å²) >= 11 is 0. The van der Waals surface area contributed by atoms with Crippen molar-refractivity contribution in [2.75, 3.05) is 13.1 Å². The molecule has 0 aromatic heterocycles. The van der Waals surface area contributed by atoms with Gasteiger partial charge < -0.3 is 68.7 Å². The number of amides is 8. The Hall–Kier alpha value is -5.91. The highest BCUT2D eigenvalue weighted by Gasteiger charge is 2.36. The van der Waals surface area contributed by atoms with Crippen molar-refractivity contribution < 1.29 is 73.2 Å². The fourth-order valence-electron chi connectivity index (χ4n) is 5.40. The van der Waals surface area contributed by atoms with Crippen molar-refractivity contribution in [1.82, 2.24) is 42.5 Å². The summed E-state index contributed by atoms with van der Waals surface area (Å²) in [6.45, 7) is 4.57. The Bertz CT molecular complexity index is 1540. The van der Waals surface area contributed by atoms with Gasteiger partial charge in [-0.25, -0.2) is 0 Å². The third kappa shape index (κ3) is 17.9. The maximum Gasteiger partial charge on any atom is 0.305 e. The van der Waals surface area contributed by atoms with Crippen molar-refractivity contribution in [3.05, 3.63) is 0 Å². The quantitative estimate of drug-likeness (QED) is 0.0728. The van der Waals surface area contributed by atoms with Crippen molar-refractivity contribution in [3.8, 4) is 0 Å². The fraction of sp³-hybridized carbons (Fsp3) is 0.676. The highest BCUT2D eigenvalue weighted by molar-refractivity contribution is 5.99. The van der Waals surface area contributed by atoms with Crippen LogP contribution in [0.1, 0.15) is 79.1 Å². The molecule has 58 heavy (non-hydrogen) atoms. The average molecular weight is 830 g/mol. The van der Waals surface area contributed by atoms with E-state index >= 15 is 0 Å². The van der Waals surface area contributed by atoms with Crippen LogP contribution in [0.15, 0.2) is 0 Å². The van der Waals surface area contributed by atoms with Gasteiger partial charge in [-0.3, -0.25) is 52.7 Å². The molecule has 24 nitrogen and oxygen atoms in total. The molecule has 1 rings (SSSR count). The number of carboxylic acids is 3. The van der Waals surface area contributed by atoms with Gasteiger partial charge in [0.05, 0.1) is 19.1 Å². The predicted octanol–water partition coefficient (Wildman–Crippen LogP) is -5.10. The first-order valence-electron chi connectivity index (χ1n) is 18.5. The zero-order valence-corrected chi connectivity index (χ0v) is 32.6. The van der Waals surface area contributed by atoms with Gasteiger partial charge in [0.25, 0.3) is 0 Å². The zero-order valence-electron chi connectivity index (χ0n) is 32.6. The summed E-state index contributed by atoms with van der Waals surface area (Å²) in [5.41, 5.74) is 5.59. The third-order valence-electron chi connectivity index (χ3n) is 8.65. The van der Waals surface area contributed by atoms with Crippen LogP contribution in [0.25, 0.3) is 0 Å². The Morgan fingerprint density at radius 3 is 1.55 bits per heavy atom. The number of carbonyl (C=O) groups is 11. The number of carboxylic acid groups (broad SMARTS) is 3. The molecule has 1 saturated heterocycles. The van der Waals surface area contributed by atoms with Crippen LogP contribution in [0.5, 0.6) is 0 Å². The smallest absolute Gasteiger partial charge is 0.305 e. The standard InChI is InChI=1S/C34H55N9O15/c1-15(2)26-34(58)41-21(13-25(50)51)32(56)37-16(3)28(52)39-20(9-11-24(48)49)31(55)43-27(17(4)44)33(57)36-14-22(45)38-19(8-10-23(46)47)29(53)40-18(30(54)42-26)7-5-6-12-35/h15-21,26-27,44H,5-14,35H2,1-4H3,(H,36,57)(H,37,56)(H,38,45)(H,39,52)(H,40,53)(H,41,58)(H,42,54)(H,43,55)(H,46,47)(H,48,49)(H,50,51)/t16-,17+,18-,19-,20-,21-,26-,27-/m0/s1. The molecule has 0 spiro atoms. The molecule has 8 atom stereocenters. The highest BCUT2D eigenvalue weighted by atomic mass is 16.4. The van der Waals surface area contributed by atoms with E-state index in [1.54, 1.807) is 0 Å². The summed E-state index contributed by atoms with van der Waals surface area (Å²) in [6, 6.07) is -11.3. The lowest BCUT2D eigenvalue weighted by atomic mass is 10.0. The lowest BCUT2D eigenvalue weighted by Crippen LogP contribution is -2.61. The molecule has 0 aromatic rings. The first-order valence-corrected chi connectivity index (χ1v) is 18.5. The second-order valence-corrected chi connectivity index (χ2v) is 14.0. The molecule has 0 aliphatic carbocycles. The number of nitrogens with one attached hydrogen (secondary N) is 8. The van der Waals surface area contributed by atoms with E-state index < -0.39 is 158 Å². The molecule has 326 valence electrons. The summed E-state index contributed by atoms with van der Waals surface area (Å²) in [5.74, 6) is -13.6. The molecule has 0 unspecified atom stereocenters. The van der Waals surface area contributed by atoms with E-state index in [1.807, 2.05) is 0 Å². The molecule has 1 aliphatic heterocycles. The predicted molar refractivity (Wildman–Crippen MR) is 198 cm³/mol. The van der Waals surface area contributed by atoms with Crippen molar-refractivity contribution >= 4 is 65.2 Å². The van der Waals surface area contributed by atoms with Crippen LogP contribution in [0.4, 0.5) is 0 Å². The van der Waals surface area contributed by atoms with Gasteiger partial charge in [0.1, 0.15) is 42.3 Å². The summed E-state index contributed by atoms with van der Waals surface area (Å²) in [7, 11) is 0. The van der Waals surface area contributed by atoms with Crippen molar-refractivity contribution in [1.29, 1.82) is 0 Å². The molecule has 1 aliphatic rings. The number of hydrogen-bond acceptors (Lipinski definition) is 13. The molecular formula is C34H55N9O15. The van der Waals surface area contributed by atoms with Crippen molar-refractivity contribution in [2.45, 2.75) is 127 Å². The monoisotopic (exact) mass is 829 g/mol. The van der Waals surface area contributed by atoms with Gasteiger partial charge in [0.2, 0.25) is 47.3 Å². The summed E-state index contributed by atoms with van der Waals surface area (Å²) in [5, 5.41) is 56.5. The van der Waals surface area contributed by atoms with E-state index in [4.69, 9.17) is 5.73 Å². The summed E-state index contributed by atoms with van der Waals surface area (Å²) < 4.78 is 0. The van der Waals surface area contributed by atoms with E-state index in [9.17, 15) is 73.2 Å². The van der Waals surface area contributed by atoms with Crippen LogP contribution < -0.4 is 48.3 Å². The van der Waals surface area contributed by atoms with Gasteiger partial charge in [-0.15, -0.1) is 0 Å². The molecule has 14 N–H and O–H groups in total. The van der Waals surface area contributed by atoms with Crippen molar-refractivity contribution in [2.24, 2.45) is 11.7 Å². The largest absolute Gasteiger partial charge is 0.481 e. The zero-order chi connectivity index (χ0) is 44.3. The Morgan fingerprint density at radius 1 is 0.586 bits per heavy atom.